The van der Waals surface area contributed by atoms with Crippen LogP contribution < -0.4 is 14.4 Å². The van der Waals surface area contributed by atoms with Crippen molar-refractivity contribution in [2.24, 2.45) is 0 Å². The van der Waals surface area contributed by atoms with Crippen molar-refractivity contribution in [1.29, 1.82) is 0 Å². The average Bonchev–Trinajstić information content (AvgIpc) is 3.33. The van der Waals surface area contributed by atoms with Gasteiger partial charge in [0, 0.05) is 49.1 Å². The number of hydrogen-bond acceptors (Lipinski definition) is 6. The van der Waals surface area contributed by atoms with Crippen molar-refractivity contribution in [2.45, 2.75) is 22.8 Å². The topological polar surface area (TPSA) is 28.2 Å². The summed E-state index contributed by atoms with van der Waals surface area (Å²) in [6.07, 6.45) is 1.16. The summed E-state index contributed by atoms with van der Waals surface area (Å²) in [5, 5.41) is 0. The average molecular weight is 460 g/mol. The molecule has 0 N–H and O–H groups in total. The lowest BCUT2D eigenvalue weighted by molar-refractivity contribution is 0.126. The van der Waals surface area contributed by atoms with Crippen molar-refractivity contribution in [3.05, 3.63) is 72.3 Å². The third kappa shape index (κ3) is 4.43. The molecular weight excluding hydrogens is 430 g/mol. The van der Waals surface area contributed by atoms with Crippen LogP contribution in [0.3, 0.4) is 0 Å². The van der Waals surface area contributed by atoms with Crippen molar-refractivity contribution in [2.75, 3.05) is 51.0 Å². The standard InChI is InChI=1S/C27H29N3O2S/c1-3-8-26-22(6-1)30(23-7-2-4-9-27(23)33-26)13-5-12-28-14-16-29(17-15-28)19-21-10-11-24-25(18-21)32-20-31-24/h1-4,6-11,18H,5,12-17,19-20H2. The van der Waals surface area contributed by atoms with Crippen LogP contribution in [0.2, 0.25) is 0 Å². The van der Waals surface area contributed by atoms with E-state index in [9.17, 15) is 0 Å². The van der Waals surface area contributed by atoms with Gasteiger partial charge in [-0.3, -0.25) is 4.90 Å². The van der Waals surface area contributed by atoms with Gasteiger partial charge in [-0.25, -0.2) is 0 Å². The van der Waals surface area contributed by atoms with Gasteiger partial charge in [0.05, 0.1) is 11.4 Å². The second-order valence-electron chi connectivity index (χ2n) is 8.85. The number of piperazine rings is 1. The van der Waals surface area contributed by atoms with E-state index in [0.717, 1.165) is 63.7 Å². The van der Waals surface area contributed by atoms with E-state index in [0.29, 0.717) is 6.79 Å². The SMILES string of the molecule is c1ccc2c(c1)Sc1ccccc1N2CCCN1CCN(Cc2ccc3c(c2)OCO3)CC1. The monoisotopic (exact) mass is 459 g/mol. The minimum atomic E-state index is 0.338. The van der Waals surface area contributed by atoms with E-state index in [1.807, 2.05) is 17.8 Å². The maximum atomic E-state index is 5.53. The van der Waals surface area contributed by atoms with Gasteiger partial charge in [-0.2, -0.15) is 0 Å². The molecule has 6 rings (SSSR count). The van der Waals surface area contributed by atoms with Crippen molar-refractivity contribution >= 4 is 23.1 Å². The molecule has 3 aliphatic heterocycles. The molecule has 0 amide bonds. The number of rotatable bonds is 6. The first-order valence-electron chi connectivity index (χ1n) is 11.8. The van der Waals surface area contributed by atoms with Crippen LogP contribution >= 0.6 is 11.8 Å². The van der Waals surface area contributed by atoms with Crippen LogP contribution in [0.15, 0.2) is 76.5 Å². The smallest absolute Gasteiger partial charge is 0.231 e. The maximum absolute atomic E-state index is 5.53. The zero-order chi connectivity index (χ0) is 22.0. The molecule has 0 atom stereocenters. The second kappa shape index (κ2) is 9.29. The molecule has 5 nitrogen and oxygen atoms in total. The highest BCUT2D eigenvalue weighted by Crippen LogP contribution is 2.47. The highest BCUT2D eigenvalue weighted by atomic mass is 32.2. The van der Waals surface area contributed by atoms with Crippen molar-refractivity contribution in [1.82, 2.24) is 9.80 Å². The second-order valence-corrected chi connectivity index (χ2v) is 9.93. The zero-order valence-corrected chi connectivity index (χ0v) is 19.6. The Bertz CT molecular complexity index is 1080. The molecule has 33 heavy (non-hydrogen) atoms. The molecule has 3 aromatic carbocycles. The molecule has 170 valence electrons. The van der Waals surface area contributed by atoms with Crippen LogP contribution in [-0.2, 0) is 6.54 Å². The van der Waals surface area contributed by atoms with Crippen molar-refractivity contribution in [3.63, 3.8) is 0 Å². The Morgan fingerprint density at radius 2 is 1.36 bits per heavy atom. The van der Waals surface area contributed by atoms with Gasteiger partial charge >= 0.3 is 0 Å². The minimum Gasteiger partial charge on any atom is -0.454 e. The summed E-state index contributed by atoms with van der Waals surface area (Å²) in [6.45, 7) is 7.99. The van der Waals surface area contributed by atoms with Crippen LogP contribution in [0.5, 0.6) is 11.5 Å². The third-order valence-electron chi connectivity index (χ3n) is 6.70. The number of nitrogens with zero attached hydrogens (tertiary/aromatic N) is 3. The summed E-state index contributed by atoms with van der Waals surface area (Å²) < 4.78 is 11.0. The predicted molar refractivity (Wildman–Crippen MR) is 133 cm³/mol. The largest absolute Gasteiger partial charge is 0.454 e. The van der Waals surface area contributed by atoms with E-state index in [1.54, 1.807) is 0 Å². The van der Waals surface area contributed by atoms with Gasteiger partial charge in [-0.15, -0.1) is 0 Å². The van der Waals surface area contributed by atoms with Crippen LogP contribution in [0.4, 0.5) is 11.4 Å². The number of hydrogen-bond donors (Lipinski definition) is 0. The Balaban J connectivity index is 1.02. The predicted octanol–water partition coefficient (Wildman–Crippen LogP) is 5.23. The summed E-state index contributed by atoms with van der Waals surface area (Å²) in [7, 11) is 0. The van der Waals surface area contributed by atoms with E-state index in [2.05, 4.69) is 75.4 Å². The van der Waals surface area contributed by atoms with Gasteiger partial charge < -0.3 is 19.3 Å². The summed E-state index contributed by atoms with van der Waals surface area (Å²) in [6, 6.07) is 23.9. The number of ether oxygens (including phenoxy) is 2. The first-order chi connectivity index (χ1) is 16.3. The van der Waals surface area contributed by atoms with Gasteiger partial charge in [0.15, 0.2) is 11.5 Å². The lowest BCUT2D eigenvalue weighted by Gasteiger charge is -2.36. The molecule has 3 aliphatic rings. The fourth-order valence-corrected chi connectivity index (χ4v) is 6.04. The number of anilines is 2. The van der Waals surface area contributed by atoms with E-state index in [1.165, 1.54) is 26.7 Å². The lowest BCUT2D eigenvalue weighted by atomic mass is 10.1. The number of para-hydroxylation sites is 2. The van der Waals surface area contributed by atoms with Crippen LogP contribution in [0, 0.1) is 0 Å². The molecule has 6 heteroatoms. The highest BCUT2D eigenvalue weighted by molar-refractivity contribution is 7.99. The summed E-state index contributed by atoms with van der Waals surface area (Å²) in [5.74, 6) is 1.74. The van der Waals surface area contributed by atoms with Crippen molar-refractivity contribution < 1.29 is 9.47 Å². The Labute approximate surface area is 199 Å². The summed E-state index contributed by atoms with van der Waals surface area (Å²) in [4.78, 5) is 10.4. The van der Waals surface area contributed by atoms with E-state index < -0.39 is 0 Å². The molecule has 0 aliphatic carbocycles. The summed E-state index contributed by atoms with van der Waals surface area (Å²) >= 11 is 1.88. The van der Waals surface area contributed by atoms with Crippen LogP contribution in [-0.4, -0.2) is 55.9 Å². The first kappa shape index (κ1) is 20.9. The number of fused-ring (bicyclic) bond motifs is 3. The normalized spacial score (nSPS) is 17.6. The molecule has 0 saturated carbocycles. The van der Waals surface area contributed by atoms with E-state index >= 15 is 0 Å². The van der Waals surface area contributed by atoms with Gasteiger partial charge in [0.25, 0.3) is 0 Å². The van der Waals surface area contributed by atoms with Crippen LogP contribution in [0.1, 0.15) is 12.0 Å². The number of benzene rings is 3. The van der Waals surface area contributed by atoms with E-state index in [4.69, 9.17) is 9.47 Å². The van der Waals surface area contributed by atoms with Gasteiger partial charge in [0.1, 0.15) is 0 Å². The Kier molecular flexibility index (Phi) is 5.89. The molecule has 1 fully saturated rings. The quantitative estimate of drug-likeness (QED) is 0.502. The molecule has 3 heterocycles. The Hall–Kier alpha value is -2.67. The summed E-state index contributed by atoms with van der Waals surface area (Å²) in [5.41, 5.74) is 3.98. The first-order valence-corrected chi connectivity index (χ1v) is 12.6. The third-order valence-corrected chi connectivity index (χ3v) is 7.83. The van der Waals surface area contributed by atoms with E-state index in [-0.39, 0.29) is 0 Å². The van der Waals surface area contributed by atoms with Crippen molar-refractivity contribution in [3.8, 4) is 11.5 Å². The zero-order valence-electron chi connectivity index (χ0n) is 18.8. The van der Waals surface area contributed by atoms with Gasteiger partial charge in [-0.1, -0.05) is 42.1 Å². The minimum absolute atomic E-state index is 0.338. The molecule has 0 aromatic heterocycles. The highest BCUT2D eigenvalue weighted by Gasteiger charge is 2.23. The Morgan fingerprint density at radius 3 is 2.12 bits per heavy atom. The van der Waals surface area contributed by atoms with Gasteiger partial charge in [-0.05, 0) is 54.9 Å². The maximum Gasteiger partial charge on any atom is 0.231 e. The lowest BCUT2D eigenvalue weighted by Crippen LogP contribution is -2.46. The molecule has 0 radical (unpaired) electrons. The van der Waals surface area contributed by atoms with Crippen LogP contribution in [0.25, 0.3) is 0 Å². The molecule has 0 bridgehead atoms. The van der Waals surface area contributed by atoms with Gasteiger partial charge in [0.2, 0.25) is 6.79 Å². The molecule has 0 spiro atoms. The fraction of sp³-hybridized carbons (Fsp3) is 0.333. The molecule has 1 saturated heterocycles. The Morgan fingerprint density at radius 1 is 0.697 bits per heavy atom. The fourth-order valence-electron chi connectivity index (χ4n) is 4.94. The molecular formula is C27H29N3O2S. The molecule has 3 aromatic rings. The molecule has 0 unspecified atom stereocenters.